The maximum absolute atomic E-state index is 11.4. The van der Waals surface area contributed by atoms with E-state index in [1.54, 1.807) is 18.2 Å². The van der Waals surface area contributed by atoms with E-state index in [0.29, 0.717) is 30.7 Å². The summed E-state index contributed by atoms with van der Waals surface area (Å²) in [5, 5.41) is 9.37. The first-order chi connectivity index (χ1) is 12.6. The Bertz CT molecular complexity index is 891. The van der Waals surface area contributed by atoms with Gasteiger partial charge in [-0.15, -0.1) is 0 Å². The summed E-state index contributed by atoms with van der Waals surface area (Å²) in [5.74, 6) is -0.149. The number of ether oxygens (including phenoxy) is 1. The minimum absolute atomic E-state index is 0.257. The third kappa shape index (κ3) is 4.22. The maximum Gasteiger partial charge on any atom is 0.336 e. The van der Waals surface area contributed by atoms with Gasteiger partial charge in [0.15, 0.2) is 0 Å². The van der Waals surface area contributed by atoms with Crippen LogP contribution in [0.25, 0.3) is 0 Å². The normalized spacial score (nSPS) is 10.5. The van der Waals surface area contributed by atoms with Crippen molar-refractivity contribution >= 4 is 11.7 Å². The van der Waals surface area contributed by atoms with Crippen LogP contribution in [0.2, 0.25) is 0 Å². The van der Waals surface area contributed by atoms with Crippen LogP contribution in [0.3, 0.4) is 0 Å². The largest absolute Gasteiger partial charge is 0.489 e. The molecule has 132 valence electrons. The molecule has 0 atom stereocenters. The number of hydrogen-bond acceptors (Lipinski definition) is 3. The lowest BCUT2D eigenvalue weighted by Crippen LogP contribution is -2.07. The molecule has 0 aliphatic carbocycles. The number of anilines is 1. The van der Waals surface area contributed by atoms with Gasteiger partial charge < -0.3 is 15.6 Å². The van der Waals surface area contributed by atoms with E-state index in [-0.39, 0.29) is 5.56 Å². The van der Waals surface area contributed by atoms with Gasteiger partial charge in [-0.3, -0.25) is 0 Å². The van der Waals surface area contributed by atoms with Crippen molar-refractivity contribution in [2.24, 2.45) is 0 Å². The number of rotatable bonds is 7. The first kappa shape index (κ1) is 17.5. The molecule has 0 aromatic heterocycles. The highest BCUT2D eigenvalue weighted by Gasteiger charge is 2.13. The first-order valence-electron chi connectivity index (χ1n) is 8.50. The summed E-state index contributed by atoms with van der Waals surface area (Å²) >= 11 is 0. The van der Waals surface area contributed by atoms with Crippen molar-refractivity contribution in [2.45, 2.75) is 19.4 Å². The highest BCUT2D eigenvalue weighted by atomic mass is 16.5. The molecule has 0 heterocycles. The van der Waals surface area contributed by atoms with Crippen molar-refractivity contribution in [3.8, 4) is 5.75 Å². The molecule has 3 aromatic carbocycles. The Hall–Kier alpha value is -3.27. The molecule has 0 radical (unpaired) electrons. The number of nitrogen functional groups attached to an aromatic ring is 1. The maximum atomic E-state index is 11.4. The molecular weight excluding hydrogens is 326 g/mol. The molecule has 0 spiro atoms. The number of carboxylic acids is 1. The van der Waals surface area contributed by atoms with Gasteiger partial charge in [0, 0.05) is 5.69 Å². The zero-order valence-corrected chi connectivity index (χ0v) is 14.4. The van der Waals surface area contributed by atoms with Crippen molar-refractivity contribution < 1.29 is 14.6 Å². The van der Waals surface area contributed by atoms with E-state index in [4.69, 9.17) is 10.5 Å². The van der Waals surface area contributed by atoms with Gasteiger partial charge in [-0.2, -0.15) is 0 Å². The third-order valence-corrected chi connectivity index (χ3v) is 4.30. The molecular formula is C22H21NO3. The second kappa shape index (κ2) is 8.21. The van der Waals surface area contributed by atoms with Crippen LogP contribution in [0, 0.1) is 0 Å². The number of aryl methyl sites for hydroxylation is 1. The lowest BCUT2D eigenvalue weighted by atomic mass is 9.98. The van der Waals surface area contributed by atoms with E-state index in [2.05, 4.69) is 0 Å². The Kier molecular flexibility index (Phi) is 5.54. The van der Waals surface area contributed by atoms with Gasteiger partial charge in [-0.25, -0.2) is 4.79 Å². The van der Waals surface area contributed by atoms with Crippen molar-refractivity contribution in [3.63, 3.8) is 0 Å². The van der Waals surface area contributed by atoms with Crippen LogP contribution >= 0.6 is 0 Å². The average Bonchev–Trinajstić information content (AvgIpc) is 2.66. The van der Waals surface area contributed by atoms with Gasteiger partial charge >= 0.3 is 5.97 Å². The monoisotopic (exact) mass is 347 g/mol. The highest BCUT2D eigenvalue weighted by molar-refractivity contribution is 5.91. The molecule has 0 aliphatic heterocycles. The van der Waals surface area contributed by atoms with Crippen LogP contribution in [-0.4, -0.2) is 11.1 Å². The van der Waals surface area contributed by atoms with Crippen molar-refractivity contribution in [3.05, 3.63) is 95.1 Å². The Morgan fingerprint density at radius 3 is 2.38 bits per heavy atom. The number of aromatic carboxylic acids is 1. The minimum atomic E-state index is -0.957. The molecule has 0 bridgehead atoms. The molecule has 3 N–H and O–H groups in total. The van der Waals surface area contributed by atoms with Gasteiger partial charge in [0.2, 0.25) is 0 Å². The molecule has 0 fully saturated rings. The standard InChI is InChI=1S/C22H21NO3/c23-20-11-6-10-19(22(24)25)18(20)14-13-17-9-4-5-12-21(17)26-15-16-7-2-1-3-8-16/h1-12H,13-15,23H2,(H,24,25). The van der Waals surface area contributed by atoms with Crippen molar-refractivity contribution in [1.82, 2.24) is 0 Å². The number of para-hydroxylation sites is 1. The number of hydrogen-bond donors (Lipinski definition) is 2. The molecule has 0 saturated carbocycles. The summed E-state index contributed by atoms with van der Waals surface area (Å²) in [6.45, 7) is 0.492. The number of nitrogens with two attached hydrogens (primary N) is 1. The van der Waals surface area contributed by atoms with Crippen LogP contribution < -0.4 is 10.5 Å². The molecule has 3 rings (SSSR count). The third-order valence-electron chi connectivity index (χ3n) is 4.30. The summed E-state index contributed by atoms with van der Waals surface area (Å²) in [7, 11) is 0. The average molecular weight is 347 g/mol. The van der Waals surface area contributed by atoms with E-state index in [0.717, 1.165) is 16.9 Å². The highest BCUT2D eigenvalue weighted by Crippen LogP contribution is 2.24. The molecule has 26 heavy (non-hydrogen) atoms. The predicted molar refractivity (Wildman–Crippen MR) is 102 cm³/mol. The van der Waals surface area contributed by atoms with Crippen LogP contribution in [0.15, 0.2) is 72.8 Å². The van der Waals surface area contributed by atoms with Crippen molar-refractivity contribution in [1.29, 1.82) is 0 Å². The number of carboxylic acid groups (broad SMARTS) is 1. The molecule has 0 unspecified atom stereocenters. The minimum Gasteiger partial charge on any atom is -0.489 e. The Labute approximate surface area is 152 Å². The van der Waals surface area contributed by atoms with Gasteiger partial charge in [0.05, 0.1) is 5.56 Å². The van der Waals surface area contributed by atoms with E-state index in [1.807, 2.05) is 54.6 Å². The zero-order valence-electron chi connectivity index (χ0n) is 14.4. The van der Waals surface area contributed by atoms with Gasteiger partial charge in [-0.1, -0.05) is 54.6 Å². The zero-order chi connectivity index (χ0) is 18.4. The molecule has 3 aromatic rings. The second-order valence-corrected chi connectivity index (χ2v) is 6.06. The summed E-state index contributed by atoms with van der Waals surface area (Å²) in [6.07, 6.45) is 1.19. The Morgan fingerprint density at radius 1 is 0.885 bits per heavy atom. The van der Waals surface area contributed by atoms with Crippen molar-refractivity contribution in [2.75, 3.05) is 5.73 Å². The summed E-state index contributed by atoms with van der Waals surface area (Å²) in [6, 6.07) is 22.8. The van der Waals surface area contributed by atoms with Gasteiger partial charge in [0.1, 0.15) is 12.4 Å². The smallest absolute Gasteiger partial charge is 0.336 e. The second-order valence-electron chi connectivity index (χ2n) is 6.06. The Morgan fingerprint density at radius 2 is 1.62 bits per heavy atom. The summed E-state index contributed by atoms with van der Waals surface area (Å²) in [4.78, 5) is 11.4. The lowest BCUT2D eigenvalue weighted by Gasteiger charge is -2.13. The molecule has 0 aliphatic rings. The van der Waals surface area contributed by atoms with E-state index in [1.165, 1.54) is 0 Å². The van der Waals surface area contributed by atoms with E-state index < -0.39 is 5.97 Å². The summed E-state index contributed by atoms with van der Waals surface area (Å²) in [5.41, 5.74) is 9.56. The van der Waals surface area contributed by atoms with Gasteiger partial charge in [0.25, 0.3) is 0 Å². The van der Waals surface area contributed by atoms with Gasteiger partial charge in [-0.05, 0) is 47.7 Å². The van der Waals surface area contributed by atoms with Crippen LogP contribution in [0.4, 0.5) is 5.69 Å². The topological polar surface area (TPSA) is 72.6 Å². The Balaban J connectivity index is 1.74. The number of carbonyl (C=O) groups is 1. The lowest BCUT2D eigenvalue weighted by molar-refractivity contribution is 0.0695. The fourth-order valence-corrected chi connectivity index (χ4v) is 2.93. The fraction of sp³-hybridized carbons (Fsp3) is 0.136. The molecule has 4 heteroatoms. The fourth-order valence-electron chi connectivity index (χ4n) is 2.93. The summed E-state index contributed by atoms with van der Waals surface area (Å²) < 4.78 is 5.97. The van der Waals surface area contributed by atoms with Crippen LogP contribution in [0.1, 0.15) is 27.0 Å². The van der Waals surface area contributed by atoms with E-state index >= 15 is 0 Å². The molecule has 0 saturated heterocycles. The SMILES string of the molecule is Nc1cccc(C(=O)O)c1CCc1ccccc1OCc1ccccc1. The quantitative estimate of drug-likeness (QED) is 0.624. The first-order valence-corrected chi connectivity index (χ1v) is 8.50. The molecule has 0 amide bonds. The van der Waals surface area contributed by atoms with Crippen LogP contribution in [0.5, 0.6) is 5.75 Å². The number of benzene rings is 3. The van der Waals surface area contributed by atoms with Crippen LogP contribution in [-0.2, 0) is 19.4 Å². The molecule has 4 nitrogen and oxygen atoms in total. The van der Waals surface area contributed by atoms with E-state index in [9.17, 15) is 9.90 Å². The predicted octanol–water partition coefficient (Wildman–Crippen LogP) is 4.33.